The summed E-state index contributed by atoms with van der Waals surface area (Å²) >= 11 is 0. The highest BCUT2D eigenvalue weighted by Crippen LogP contribution is 2.34. The molecular formula is C13H19NO. The molecular weight excluding hydrogens is 186 g/mol. The molecule has 15 heavy (non-hydrogen) atoms. The Bertz CT molecular complexity index is 377. The Morgan fingerprint density at radius 3 is 2.33 bits per heavy atom. The first-order valence-corrected chi connectivity index (χ1v) is 5.51. The minimum atomic E-state index is -0.330. The lowest BCUT2D eigenvalue weighted by Gasteiger charge is -2.23. The molecule has 1 aromatic rings. The van der Waals surface area contributed by atoms with Crippen molar-refractivity contribution in [3.05, 3.63) is 28.8 Å². The van der Waals surface area contributed by atoms with Crippen LogP contribution in [-0.4, -0.2) is 7.11 Å². The van der Waals surface area contributed by atoms with E-state index < -0.39 is 0 Å². The minimum Gasteiger partial charge on any atom is -0.496 e. The first-order chi connectivity index (χ1) is 7.02. The normalized spacial score (nSPS) is 15.2. The molecule has 82 valence electrons. The van der Waals surface area contributed by atoms with E-state index in [0.717, 1.165) is 11.3 Å². The number of ether oxygens (including phenoxy) is 1. The summed E-state index contributed by atoms with van der Waals surface area (Å²) in [4.78, 5) is 0. The Balaban J connectivity index is 2.54. The molecule has 0 amide bonds. The lowest BCUT2D eigenvalue weighted by Crippen LogP contribution is -2.29. The maximum absolute atomic E-state index is 6.15. The molecule has 1 aliphatic carbocycles. The number of hydrogen-bond donors (Lipinski definition) is 1. The van der Waals surface area contributed by atoms with Gasteiger partial charge in [0, 0.05) is 11.1 Å². The van der Waals surface area contributed by atoms with Gasteiger partial charge in [-0.1, -0.05) is 0 Å². The summed E-state index contributed by atoms with van der Waals surface area (Å²) in [7, 11) is 1.71. The number of rotatable bonds is 2. The third-order valence-electron chi connectivity index (χ3n) is 3.11. The van der Waals surface area contributed by atoms with Crippen LogP contribution in [0.2, 0.25) is 0 Å². The second-order valence-corrected chi connectivity index (χ2v) is 4.90. The minimum absolute atomic E-state index is 0.330. The SMILES string of the molecule is COc1cc2c(cc1C(C)(C)N)CCC2. The van der Waals surface area contributed by atoms with Gasteiger partial charge >= 0.3 is 0 Å². The summed E-state index contributed by atoms with van der Waals surface area (Å²) in [5.74, 6) is 0.933. The van der Waals surface area contributed by atoms with Gasteiger partial charge in [-0.25, -0.2) is 0 Å². The van der Waals surface area contributed by atoms with Crippen molar-refractivity contribution in [2.75, 3.05) is 7.11 Å². The molecule has 1 aromatic carbocycles. The van der Waals surface area contributed by atoms with E-state index in [0.29, 0.717) is 0 Å². The van der Waals surface area contributed by atoms with Crippen LogP contribution in [0, 0.1) is 0 Å². The van der Waals surface area contributed by atoms with Crippen molar-refractivity contribution in [1.82, 2.24) is 0 Å². The van der Waals surface area contributed by atoms with E-state index in [1.54, 1.807) is 7.11 Å². The quantitative estimate of drug-likeness (QED) is 0.804. The van der Waals surface area contributed by atoms with Crippen LogP contribution in [-0.2, 0) is 18.4 Å². The molecule has 1 aliphatic rings. The third-order valence-corrected chi connectivity index (χ3v) is 3.11. The Kier molecular flexibility index (Phi) is 2.47. The summed E-state index contributed by atoms with van der Waals surface area (Å²) < 4.78 is 5.42. The highest BCUT2D eigenvalue weighted by Gasteiger charge is 2.23. The van der Waals surface area contributed by atoms with Crippen LogP contribution in [0.5, 0.6) is 5.75 Å². The van der Waals surface area contributed by atoms with E-state index in [1.165, 1.54) is 30.4 Å². The number of aryl methyl sites for hydroxylation is 2. The van der Waals surface area contributed by atoms with Gasteiger partial charge in [0.1, 0.15) is 5.75 Å². The molecule has 0 heterocycles. The van der Waals surface area contributed by atoms with E-state index in [-0.39, 0.29) is 5.54 Å². The van der Waals surface area contributed by atoms with Crippen molar-refractivity contribution in [3.8, 4) is 5.75 Å². The zero-order chi connectivity index (χ0) is 11.1. The Hall–Kier alpha value is -1.02. The number of hydrogen-bond acceptors (Lipinski definition) is 2. The summed E-state index contributed by atoms with van der Waals surface area (Å²) in [5, 5.41) is 0. The van der Waals surface area contributed by atoms with E-state index in [4.69, 9.17) is 10.5 Å². The van der Waals surface area contributed by atoms with Crippen molar-refractivity contribution in [1.29, 1.82) is 0 Å². The van der Waals surface area contributed by atoms with Crippen LogP contribution in [0.15, 0.2) is 12.1 Å². The molecule has 0 aromatic heterocycles. The fourth-order valence-corrected chi connectivity index (χ4v) is 2.27. The first kappa shape index (κ1) is 10.5. The first-order valence-electron chi connectivity index (χ1n) is 5.51. The zero-order valence-electron chi connectivity index (χ0n) is 9.76. The number of benzene rings is 1. The zero-order valence-corrected chi connectivity index (χ0v) is 9.76. The highest BCUT2D eigenvalue weighted by atomic mass is 16.5. The molecule has 2 nitrogen and oxygen atoms in total. The standard InChI is InChI=1S/C13H19NO/c1-13(2,14)11-7-9-5-4-6-10(9)8-12(11)15-3/h7-8H,4-6,14H2,1-3H3. The van der Waals surface area contributed by atoms with Gasteiger partial charge in [0.25, 0.3) is 0 Å². The van der Waals surface area contributed by atoms with Gasteiger partial charge in [0.15, 0.2) is 0 Å². The molecule has 0 spiro atoms. The lowest BCUT2D eigenvalue weighted by molar-refractivity contribution is 0.394. The van der Waals surface area contributed by atoms with Crippen LogP contribution in [0.25, 0.3) is 0 Å². The van der Waals surface area contributed by atoms with Gasteiger partial charge in [-0.05, 0) is 56.4 Å². The summed E-state index contributed by atoms with van der Waals surface area (Å²) in [5.41, 5.74) is 9.81. The second-order valence-electron chi connectivity index (χ2n) is 4.90. The summed E-state index contributed by atoms with van der Waals surface area (Å²) in [6.45, 7) is 4.04. The molecule has 2 heteroatoms. The number of methoxy groups -OCH3 is 1. The largest absolute Gasteiger partial charge is 0.496 e. The van der Waals surface area contributed by atoms with Crippen LogP contribution >= 0.6 is 0 Å². The van der Waals surface area contributed by atoms with Crippen LogP contribution < -0.4 is 10.5 Å². The molecule has 0 bridgehead atoms. The van der Waals surface area contributed by atoms with Gasteiger partial charge < -0.3 is 10.5 Å². The van der Waals surface area contributed by atoms with E-state index in [9.17, 15) is 0 Å². The van der Waals surface area contributed by atoms with Gasteiger partial charge in [-0.3, -0.25) is 0 Å². The molecule has 0 saturated carbocycles. The van der Waals surface area contributed by atoms with Crippen molar-refractivity contribution >= 4 is 0 Å². The van der Waals surface area contributed by atoms with Gasteiger partial charge in [0.2, 0.25) is 0 Å². The Labute approximate surface area is 91.4 Å². The van der Waals surface area contributed by atoms with Crippen molar-refractivity contribution in [2.45, 2.75) is 38.6 Å². The molecule has 0 aliphatic heterocycles. The van der Waals surface area contributed by atoms with Crippen molar-refractivity contribution in [2.24, 2.45) is 5.73 Å². The predicted molar refractivity (Wildman–Crippen MR) is 62.2 cm³/mol. The Morgan fingerprint density at radius 1 is 1.20 bits per heavy atom. The average Bonchev–Trinajstić information content (AvgIpc) is 2.60. The molecule has 0 atom stereocenters. The van der Waals surface area contributed by atoms with Gasteiger partial charge in [-0.2, -0.15) is 0 Å². The average molecular weight is 205 g/mol. The molecule has 2 rings (SSSR count). The van der Waals surface area contributed by atoms with Crippen molar-refractivity contribution < 1.29 is 4.74 Å². The van der Waals surface area contributed by atoms with Crippen molar-refractivity contribution in [3.63, 3.8) is 0 Å². The fourth-order valence-electron chi connectivity index (χ4n) is 2.27. The molecule has 2 N–H and O–H groups in total. The van der Waals surface area contributed by atoms with Crippen LogP contribution in [0.4, 0.5) is 0 Å². The van der Waals surface area contributed by atoms with Crippen LogP contribution in [0.3, 0.4) is 0 Å². The predicted octanol–water partition coefficient (Wildman–Crippen LogP) is 2.38. The molecule has 0 saturated heterocycles. The van der Waals surface area contributed by atoms with E-state index >= 15 is 0 Å². The smallest absolute Gasteiger partial charge is 0.124 e. The fraction of sp³-hybridized carbons (Fsp3) is 0.538. The van der Waals surface area contributed by atoms with Crippen LogP contribution in [0.1, 0.15) is 37.0 Å². The Morgan fingerprint density at radius 2 is 1.80 bits per heavy atom. The number of fused-ring (bicyclic) bond motifs is 1. The molecule has 0 fully saturated rings. The number of nitrogens with two attached hydrogens (primary N) is 1. The monoisotopic (exact) mass is 205 g/mol. The molecule has 0 radical (unpaired) electrons. The van der Waals surface area contributed by atoms with E-state index in [1.807, 2.05) is 13.8 Å². The summed E-state index contributed by atoms with van der Waals surface area (Å²) in [6, 6.07) is 4.38. The maximum atomic E-state index is 6.15. The maximum Gasteiger partial charge on any atom is 0.124 e. The van der Waals surface area contributed by atoms with E-state index in [2.05, 4.69) is 12.1 Å². The van der Waals surface area contributed by atoms with Gasteiger partial charge in [0.05, 0.1) is 7.11 Å². The third kappa shape index (κ3) is 1.86. The lowest BCUT2D eigenvalue weighted by atomic mass is 9.91. The highest BCUT2D eigenvalue weighted by molar-refractivity contribution is 5.47. The second kappa shape index (κ2) is 3.53. The molecule has 0 unspecified atom stereocenters. The topological polar surface area (TPSA) is 35.2 Å². The van der Waals surface area contributed by atoms with Gasteiger partial charge in [-0.15, -0.1) is 0 Å². The summed E-state index contributed by atoms with van der Waals surface area (Å²) in [6.07, 6.45) is 3.62.